The van der Waals surface area contributed by atoms with Gasteiger partial charge in [-0.2, -0.15) is 0 Å². The first kappa shape index (κ1) is 41.3. The number of carbonyl (C=O) groups excluding carboxylic acids is 3. The smallest absolute Gasteiger partial charge is 0.331 e. The van der Waals surface area contributed by atoms with Gasteiger partial charge in [0, 0.05) is 6.07 Å². The van der Waals surface area contributed by atoms with Crippen molar-refractivity contribution in [3.63, 3.8) is 0 Å². The highest BCUT2D eigenvalue weighted by Crippen LogP contribution is 2.56. The third kappa shape index (κ3) is 8.75. The molecule has 2 saturated heterocycles. The number of hydrogen-bond acceptors (Lipinski definition) is 11. The predicted molar refractivity (Wildman–Crippen MR) is 229 cm³/mol. The average molecular weight is 860 g/mol. The van der Waals surface area contributed by atoms with Crippen LogP contribution in [-0.4, -0.2) is 53.5 Å². The molecule has 0 radical (unpaired) electrons. The molecule has 0 saturated carbocycles. The quantitative estimate of drug-likeness (QED) is 0.0739. The second-order valence-electron chi connectivity index (χ2n) is 14.6. The van der Waals surface area contributed by atoms with Gasteiger partial charge in [0.1, 0.15) is 30.4 Å². The Kier molecular flexibility index (Phi) is 12.2. The van der Waals surface area contributed by atoms with Gasteiger partial charge in [-0.25, -0.2) is 4.79 Å². The fraction of sp³-hybridized carbons (Fsp3) is 0.234. The van der Waals surface area contributed by atoms with Gasteiger partial charge in [-0.3, -0.25) is 9.59 Å². The summed E-state index contributed by atoms with van der Waals surface area (Å²) in [7, 11) is 3.20. The molecule has 312 valence electrons. The van der Waals surface area contributed by atoms with Crippen molar-refractivity contribution in [2.45, 2.75) is 55.4 Å². The van der Waals surface area contributed by atoms with Crippen LogP contribution in [0.2, 0.25) is 5.02 Å². The first-order valence-electron chi connectivity index (χ1n) is 19.5. The standard InChI is InChI=1S/C47H42ClN3O9S/c1-47(44(51-39(52)25-40(51)61-47)46(54)59-42(31-10-6-4-7-11-31)32-12-8-5-9-13-32)38-24-35(60-50-38)26-49-45(53)36-22-23-37(57-27-29-14-18-33(55-2)19-15-29)43(41(36)48)58-28-30-16-20-34(56-3)21-17-30/h4-24,40,42,44H,25-28H2,1-3H3,(H,49,53)/t40-,44+,47+/m1/s1. The van der Waals surface area contributed by atoms with E-state index in [1.807, 2.05) is 116 Å². The molecule has 2 aliphatic rings. The van der Waals surface area contributed by atoms with Crippen LogP contribution < -0.4 is 24.3 Å². The molecule has 3 atom stereocenters. The molecule has 1 N–H and O–H groups in total. The molecule has 2 amide bonds. The number of thioether (sulfide) groups is 1. The minimum Gasteiger partial charge on any atom is -0.497 e. The van der Waals surface area contributed by atoms with Crippen molar-refractivity contribution < 1.29 is 42.6 Å². The SMILES string of the molecule is COc1ccc(COc2ccc(C(=O)NCc3cc([C@]4(C)S[C@@H]5CC(=O)N5[C@H]4C(=O)OC(c4ccccc4)c4ccccc4)no3)c(Cl)c2OCc2ccc(OC)cc2)cc1. The number of β-lactam (4-membered cyclic amide) rings is 1. The topological polar surface area (TPSA) is 139 Å². The van der Waals surface area contributed by atoms with Crippen LogP contribution in [0.1, 0.15) is 63.5 Å². The Balaban J connectivity index is 0.989. The van der Waals surface area contributed by atoms with Crippen molar-refractivity contribution in [2.75, 3.05) is 14.2 Å². The van der Waals surface area contributed by atoms with Crippen LogP contribution in [0.25, 0.3) is 0 Å². The largest absolute Gasteiger partial charge is 0.497 e. The van der Waals surface area contributed by atoms with Gasteiger partial charge in [0.2, 0.25) is 5.91 Å². The lowest BCUT2D eigenvalue weighted by Crippen LogP contribution is -2.57. The lowest BCUT2D eigenvalue weighted by atomic mass is 9.93. The molecule has 1 aromatic heterocycles. The van der Waals surface area contributed by atoms with Crippen molar-refractivity contribution in [3.05, 3.63) is 172 Å². The Hall–Kier alpha value is -6.44. The summed E-state index contributed by atoms with van der Waals surface area (Å²) in [6.45, 7) is 2.16. The highest BCUT2D eigenvalue weighted by atomic mass is 35.5. The number of halogens is 1. The van der Waals surface area contributed by atoms with E-state index in [4.69, 9.17) is 39.8 Å². The fourth-order valence-electron chi connectivity index (χ4n) is 7.34. The Labute approximate surface area is 362 Å². The Morgan fingerprint density at radius 3 is 2.02 bits per heavy atom. The predicted octanol–water partition coefficient (Wildman–Crippen LogP) is 8.66. The van der Waals surface area contributed by atoms with Crippen LogP contribution in [0.5, 0.6) is 23.0 Å². The molecule has 0 aliphatic carbocycles. The molecule has 61 heavy (non-hydrogen) atoms. The number of fused-ring (bicyclic) bond motifs is 1. The molecule has 6 aromatic rings. The van der Waals surface area contributed by atoms with Crippen LogP contribution in [0.4, 0.5) is 0 Å². The monoisotopic (exact) mass is 859 g/mol. The number of benzene rings is 5. The van der Waals surface area contributed by atoms with E-state index < -0.39 is 28.8 Å². The number of hydrogen-bond donors (Lipinski definition) is 1. The number of esters is 1. The summed E-state index contributed by atoms with van der Waals surface area (Å²) in [5, 5.41) is 7.06. The van der Waals surface area contributed by atoms with Crippen molar-refractivity contribution in [2.24, 2.45) is 0 Å². The van der Waals surface area contributed by atoms with Crippen LogP contribution in [0.15, 0.2) is 132 Å². The number of amides is 2. The highest BCUT2D eigenvalue weighted by Gasteiger charge is 2.63. The average Bonchev–Trinajstić information content (AvgIpc) is 3.88. The molecule has 0 spiro atoms. The zero-order valence-corrected chi connectivity index (χ0v) is 35.1. The molecule has 2 aliphatic heterocycles. The van der Waals surface area contributed by atoms with Crippen LogP contribution in [0, 0.1) is 0 Å². The third-order valence-corrected chi connectivity index (χ3v) is 12.6. The van der Waals surface area contributed by atoms with Crippen LogP contribution in [0.3, 0.4) is 0 Å². The van der Waals surface area contributed by atoms with Crippen molar-refractivity contribution in [3.8, 4) is 23.0 Å². The Morgan fingerprint density at radius 2 is 1.44 bits per heavy atom. The number of aromatic nitrogens is 1. The van der Waals surface area contributed by atoms with Crippen molar-refractivity contribution in [1.82, 2.24) is 15.4 Å². The van der Waals surface area contributed by atoms with Crippen LogP contribution >= 0.6 is 23.4 Å². The van der Waals surface area contributed by atoms with E-state index in [1.54, 1.807) is 37.3 Å². The van der Waals surface area contributed by atoms with E-state index in [9.17, 15) is 14.4 Å². The Bertz CT molecular complexity index is 2460. The first-order chi connectivity index (χ1) is 29.6. The normalized spacial score (nSPS) is 17.9. The summed E-state index contributed by atoms with van der Waals surface area (Å²) in [4.78, 5) is 42.6. The van der Waals surface area contributed by atoms with Gasteiger partial charge >= 0.3 is 5.97 Å². The van der Waals surface area contributed by atoms with E-state index >= 15 is 0 Å². The Morgan fingerprint density at radius 1 is 0.852 bits per heavy atom. The van der Waals surface area contributed by atoms with Gasteiger partial charge in [-0.15, -0.1) is 11.8 Å². The van der Waals surface area contributed by atoms with E-state index in [2.05, 4.69) is 10.5 Å². The maximum Gasteiger partial charge on any atom is 0.331 e. The molecule has 0 bridgehead atoms. The molecule has 3 heterocycles. The van der Waals surface area contributed by atoms with Crippen molar-refractivity contribution >= 4 is 41.1 Å². The maximum absolute atomic E-state index is 14.3. The molecule has 0 unspecified atom stereocenters. The number of methoxy groups -OCH3 is 2. The van der Waals surface area contributed by atoms with Crippen LogP contribution in [-0.2, 0) is 38.8 Å². The number of ether oxygens (including phenoxy) is 5. The summed E-state index contributed by atoms with van der Waals surface area (Å²) >= 11 is 8.38. The molecule has 8 rings (SSSR count). The molecule has 14 heteroatoms. The molecule has 2 fully saturated rings. The lowest BCUT2D eigenvalue weighted by Gasteiger charge is -2.38. The zero-order valence-electron chi connectivity index (χ0n) is 33.5. The van der Waals surface area contributed by atoms with E-state index in [0.717, 1.165) is 28.0 Å². The third-order valence-electron chi connectivity index (χ3n) is 10.7. The first-order valence-corrected chi connectivity index (χ1v) is 20.8. The zero-order chi connectivity index (χ0) is 42.5. The van der Waals surface area contributed by atoms with E-state index in [0.29, 0.717) is 29.4 Å². The number of rotatable bonds is 16. The van der Waals surface area contributed by atoms with E-state index in [-0.39, 0.29) is 47.4 Å². The number of nitrogens with zero attached hydrogens (tertiary/aromatic N) is 2. The summed E-state index contributed by atoms with van der Waals surface area (Å²) in [6, 6.07) is 37.7. The fourth-order valence-corrected chi connectivity index (χ4v) is 9.34. The van der Waals surface area contributed by atoms with Crippen molar-refractivity contribution in [1.29, 1.82) is 0 Å². The summed E-state index contributed by atoms with van der Waals surface area (Å²) < 4.78 is 33.9. The minimum absolute atomic E-state index is 0.0497. The maximum atomic E-state index is 14.3. The number of nitrogens with one attached hydrogen (secondary N) is 1. The van der Waals surface area contributed by atoms with Gasteiger partial charge in [0.05, 0.1) is 47.9 Å². The lowest BCUT2D eigenvalue weighted by molar-refractivity contribution is -0.164. The second kappa shape index (κ2) is 18.0. The second-order valence-corrected chi connectivity index (χ2v) is 16.6. The molecule has 5 aromatic carbocycles. The van der Waals surface area contributed by atoms with Gasteiger partial charge in [0.15, 0.2) is 29.4 Å². The van der Waals surface area contributed by atoms with Gasteiger partial charge in [-0.05, 0) is 65.6 Å². The summed E-state index contributed by atoms with van der Waals surface area (Å²) in [6.07, 6.45) is -0.402. The summed E-state index contributed by atoms with van der Waals surface area (Å²) in [5.74, 6) is 1.11. The van der Waals surface area contributed by atoms with Gasteiger partial charge < -0.3 is 38.4 Å². The highest BCUT2D eigenvalue weighted by molar-refractivity contribution is 8.01. The summed E-state index contributed by atoms with van der Waals surface area (Å²) in [5.41, 5.74) is 3.92. The van der Waals surface area contributed by atoms with E-state index in [1.165, 1.54) is 11.8 Å². The molecule has 12 nitrogen and oxygen atoms in total. The van der Waals surface area contributed by atoms with Gasteiger partial charge in [-0.1, -0.05) is 102 Å². The van der Waals surface area contributed by atoms with Gasteiger partial charge in [0.25, 0.3) is 5.91 Å². The molecular formula is C47H42ClN3O9S. The minimum atomic E-state index is -1.02. The molecular weight excluding hydrogens is 818 g/mol. The number of carbonyl (C=O) groups is 3.